The lowest BCUT2D eigenvalue weighted by atomic mass is 9.90. The zero-order valence-electron chi connectivity index (χ0n) is 15.7. The molecule has 2 amide bonds. The lowest BCUT2D eigenvalue weighted by Gasteiger charge is -2.25. The first kappa shape index (κ1) is 18.4. The van der Waals surface area contributed by atoms with Crippen molar-refractivity contribution in [1.82, 2.24) is 9.78 Å². The number of hydrogen-bond acceptors (Lipinski definition) is 6. The van der Waals surface area contributed by atoms with E-state index in [-0.39, 0.29) is 23.3 Å². The lowest BCUT2D eigenvalue weighted by Crippen LogP contribution is -2.33. The Morgan fingerprint density at radius 2 is 1.93 bits per heavy atom. The molecule has 0 saturated carbocycles. The number of anilines is 2. The van der Waals surface area contributed by atoms with Gasteiger partial charge < -0.3 is 10.6 Å². The highest BCUT2D eigenvalue weighted by molar-refractivity contribution is 8.01. The molecule has 0 fully saturated rings. The van der Waals surface area contributed by atoms with E-state index in [0.29, 0.717) is 28.3 Å². The summed E-state index contributed by atoms with van der Waals surface area (Å²) in [4.78, 5) is 36.8. The van der Waals surface area contributed by atoms with Gasteiger partial charge in [-0.05, 0) is 25.1 Å². The molecule has 2 aromatic carbocycles. The molecule has 10 heteroatoms. The fourth-order valence-electron chi connectivity index (χ4n) is 4.00. The van der Waals surface area contributed by atoms with E-state index in [2.05, 4.69) is 15.7 Å². The number of hydrogen-bond donors (Lipinski definition) is 2. The van der Waals surface area contributed by atoms with Gasteiger partial charge in [0.2, 0.25) is 11.8 Å². The van der Waals surface area contributed by atoms with Gasteiger partial charge in [0, 0.05) is 28.9 Å². The molecule has 1 aromatic heterocycles. The molecule has 150 valence electrons. The van der Waals surface area contributed by atoms with E-state index in [1.165, 1.54) is 18.2 Å². The van der Waals surface area contributed by atoms with Gasteiger partial charge in [0.1, 0.15) is 5.82 Å². The average molecular weight is 421 g/mol. The summed E-state index contributed by atoms with van der Waals surface area (Å²) in [5.41, 5.74) is 2.63. The number of benzene rings is 2. The van der Waals surface area contributed by atoms with E-state index in [1.807, 2.05) is 30.3 Å². The number of aromatic nitrogens is 2. The number of carbonyl (C=O) groups is 2. The van der Waals surface area contributed by atoms with Crippen LogP contribution >= 0.6 is 11.8 Å². The summed E-state index contributed by atoms with van der Waals surface area (Å²) in [5, 5.41) is 21.7. The van der Waals surface area contributed by atoms with Crippen molar-refractivity contribution >= 4 is 40.8 Å². The maximum Gasteiger partial charge on any atom is 0.269 e. The smallest absolute Gasteiger partial charge is 0.269 e. The summed E-state index contributed by atoms with van der Waals surface area (Å²) in [6.07, 6.45) is 0. The second-order valence-electron chi connectivity index (χ2n) is 7.02. The van der Waals surface area contributed by atoms with Gasteiger partial charge in [-0.2, -0.15) is 5.10 Å². The number of nitro benzene ring substituents is 1. The van der Waals surface area contributed by atoms with Crippen LogP contribution in [0.4, 0.5) is 17.2 Å². The van der Waals surface area contributed by atoms with E-state index in [9.17, 15) is 19.7 Å². The predicted octanol–water partition coefficient (Wildman–Crippen LogP) is 2.97. The molecule has 2 aliphatic rings. The Hall–Kier alpha value is -3.66. The Labute approximate surface area is 174 Å². The molecule has 30 heavy (non-hydrogen) atoms. The van der Waals surface area contributed by atoms with Crippen LogP contribution in [0.5, 0.6) is 0 Å². The van der Waals surface area contributed by atoms with Crippen LogP contribution in [0.15, 0.2) is 48.5 Å². The van der Waals surface area contributed by atoms with Crippen LogP contribution in [0.25, 0.3) is 5.69 Å². The summed E-state index contributed by atoms with van der Waals surface area (Å²) in [5.74, 6) is -0.222. The highest BCUT2D eigenvalue weighted by Crippen LogP contribution is 2.55. The van der Waals surface area contributed by atoms with E-state index in [1.54, 1.807) is 11.6 Å². The molecule has 3 aromatic rings. The van der Waals surface area contributed by atoms with Gasteiger partial charge in [-0.15, -0.1) is 11.8 Å². The van der Waals surface area contributed by atoms with Crippen LogP contribution in [0.3, 0.4) is 0 Å². The van der Waals surface area contributed by atoms with Crippen LogP contribution in [0.1, 0.15) is 16.8 Å². The van der Waals surface area contributed by atoms with E-state index >= 15 is 0 Å². The van der Waals surface area contributed by atoms with Gasteiger partial charge in [0.15, 0.2) is 4.75 Å². The Morgan fingerprint density at radius 3 is 2.67 bits per heavy atom. The highest BCUT2D eigenvalue weighted by atomic mass is 32.2. The van der Waals surface area contributed by atoms with Crippen LogP contribution in [0.2, 0.25) is 0 Å². The zero-order chi connectivity index (χ0) is 21.0. The average Bonchev–Trinajstić information content (AvgIpc) is 3.13. The predicted molar refractivity (Wildman–Crippen MR) is 112 cm³/mol. The third-order valence-corrected chi connectivity index (χ3v) is 6.70. The summed E-state index contributed by atoms with van der Waals surface area (Å²) < 4.78 is 0.270. The van der Waals surface area contributed by atoms with Crippen LogP contribution in [0, 0.1) is 17.0 Å². The first-order valence-electron chi connectivity index (χ1n) is 9.11. The van der Waals surface area contributed by atoms with Crippen molar-refractivity contribution < 1.29 is 14.5 Å². The molecule has 5 rings (SSSR count). The lowest BCUT2D eigenvalue weighted by molar-refractivity contribution is -0.384. The molecule has 1 unspecified atom stereocenters. The summed E-state index contributed by atoms with van der Waals surface area (Å²) >= 11 is 1.14. The van der Waals surface area contributed by atoms with Gasteiger partial charge in [-0.3, -0.25) is 19.7 Å². The number of carbonyl (C=O) groups excluding carboxylic acids is 2. The second-order valence-corrected chi connectivity index (χ2v) is 8.21. The fraction of sp³-hybridized carbons (Fsp3) is 0.150. The van der Waals surface area contributed by atoms with Crippen molar-refractivity contribution in [3.05, 3.63) is 75.5 Å². The fourth-order valence-corrected chi connectivity index (χ4v) is 5.32. The van der Waals surface area contributed by atoms with E-state index in [0.717, 1.165) is 17.4 Å². The SMILES string of the molecule is Cc1nn(-c2ccccc2)c2c1C1(SCC(=O)N2)C(=O)Nc2ccc([N+](=O)[O-])cc21. The molecule has 0 radical (unpaired) electrons. The minimum absolute atomic E-state index is 0.0124. The van der Waals surface area contributed by atoms with Crippen molar-refractivity contribution in [2.75, 3.05) is 16.4 Å². The van der Waals surface area contributed by atoms with Gasteiger partial charge in [-0.1, -0.05) is 18.2 Å². The molecule has 1 spiro atoms. The van der Waals surface area contributed by atoms with Gasteiger partial charge in [0.25, 0.3) is 5.69 Å². The van der Waals surface area contributed by atoms with Crippen molar-refractivity contribution in [2.24, 2.45) is 0 Å². The summed E-state index contributed by atoms with van der Waals surface area (Å²) in [6, 6.07) is 13.5. The first-order chi connectivity index (χ1) is 14.4. The van der Waals surface area contributed by atoms with E-state index < -0.39 is 9.67 Å². The molecule has 0 bridgehead atoms. The van der Waals surface area contributed by atoms with E-state index in [4.69, 9.17) is 0 Å². The standard InChI is InChI=1S/C20H15N5O4S/c1-11-17-18(24(23-11)12-5-3-2-4-6-12)22-16(26)10-30-20(17)14-9-13(25(28)29)7-8-15(14)21-19(20)27/h2-9H,10H2,1H3,(H,21,27)(H,22,26). The Kier molecular flexibility index (Phi) is 3.93. The quantitative estimate of drug-likeness (QED) is 0.485. The van der Waals surface area contributed by atoms with Crippen molar-refractivity contribution in [1.29, 1.82) is 0 Å². The van der Waals surface area contributed by atoms with Crippen LogP contribution in [-0.4, -0.2) is 32.3 Å². The summed E-state index contributed by atoms with van der Waals surface area (Å²) in [6.45, 7) is 1.76. The van der Waals surface area contributed by atoms with Crippen molar-refractivity contribution in [3.8, 4) is 5.69 Å². The number of para-hydroxylation sites is 1. The molecule has 0 aliphatic carbocycles. The molecule has 2 N–H and O–H groups in total. The molecule has 2 aliphatic heterocycles. The molecule has 1 atom stereocenters. The topological polar surface area (TPSA) is 119 Å². The van der Waals surface area contributed by atoms with Crippen LogP contribution < -0.4 is 10.6 Å². The minimum atomic E-state index is -1.33. The number of amides is 2. The number of rotatable bonds is 2. The molecular formula is C20H15N5O4S. The Bertz CT molecular complexity index is 1240. The maximum absolute atomic E-state index is 13.3. The molecule has 3 heterocycles. The number of nitrogens with one attached hydrogen (secondary N) is 2. The summed E-state index contributed by atoms with van der Waals surface area (Å²) in [7, 11) is 0. The number of aryl methyl sites for hydroxylation is 1. The number of nitrogens with zero attached hydrogens (tertiary/aromatic N) is 3. The maximum atomic E-state index is 13.3. The van der Waals surface area contributed by atoms with Gasteiger partial charge >= 0.3 is 0 Å². The molecule has 9 nitrogen and oxygen atoms in total. The molecular weight excluding hydrogens is 406 g/mol. The number of non-ortho nitro benzene ring substituents is 1. The van der Waals surface area contributed by atoms with Crippen LogP contribution in [-0.2, 0) is 14.3 Å². The zero-order valence-corrected chi connectivity index (χ0v) is 16.5. The number of nitro groups is 1. The van der Waals surface area contributed by atoms with Gasteiger partial charge in [-0.25, -0.2) is 4.68 Å². The third-order valence-electron chi connectivity index (χ3n) is 5.25. The minimum Gasteiger partial charge on any atom is -0.324 e. The largest absolute Gasteiger partial charge is 0.324 e. The highest BCUT2D eigenvalue weighted by Gasteiger charge is 2.54. The number of fused-ring (bicyclic) bond motifs is 4. The van der Waals surface area contributed by atoms with Crippen molar-refractivity contribution in [2.45, 2.75) is 11.7 Å². The van der Waals surface area contributed by atoms with Gasteiger partial charge in [0.05, 0.1) is 22.1 Å². The normalized spacial score (nSPS) is 19.6. The Balaban J connectivity index is 1.82. The third kappa shape index (κ3) is 2.47. The second kappa shape index (κ2) is 6.42. The first-order valence-corrected chi connectivity index (χ1v) is 10.1. The molecule has 0 saturated heterocycles. The number of thioether (sulfide) groups is 1. The monoisotopic (exact) mass is 421 g/mol. The Morgan fingerprint density at radius 1 is 1.17 bits per heavy atom. The van der Waals surface area contributed by atoms with Crippen molar-refractivity contribution in [3.63, 3.8) is 0 Å².